The second-order valence-electron chi connectivity index (χ2n) is 12.2. The van der Waals surface area contributed by atoms with Crippen LogP contribution in [0.15, 0.2) is 184 Å². The fraction of sp³-hybridized carbons (Fsp3) is 0. The van der Waals surface area contributed by atoms with Gasteiger partial charge in [0.2, 0.25) is 5.96 Å². The molecule has 0 saturated carbocycles. The molecule has 0 amide bonds. The number of hydrogen-bond donors (Lipinski definition) is 1. The summed E-state index contributed by atoms with van der Waals surface area (Å²) in [4.78, 5) is 9.82. The summed E-state index contributed by atoms with van der Waals surface area (Å²) in [5, 5.41) is 13.7. The third-order valence-corrected chi connectivity index (χ3v) is 9.18. The summed E-state index contributed by atoms with van der Waals surface area (Å²) in [7, 11) is 0. The Hall–Kier alpha value is -6.85. The van der Waals surface area contributed by atoms with E-state index in [1.807, 2.05) is 89.5 Å². The first kappa shape index (κ1) is 29.3. The van der Waals surface area contributed by atoms with Crippen molar-refractivity contribution in [3.63, 3.8) is 0 Å². The van der Waals surface area contributed by atoms with Crippen LogP contribution < -0.4 is 0 Å². The predicted molar refractivity (Wildman–Crippen MR) is 208 cm³/mol. The molecule has 5 nitrogen and oxygen atoms in total. The predicted octanol–water partition coefficient (Wildman–Crippen LogP) is 11.4. The molecule has 50 heavy (non-hydrogen) atoms. The van der Waals surface area contributed by atoms with Crippen LogP contribution in [0.3, 0.4) is 0 Å². The summed E-state index contributed by atoms with van der Waals surface area (Å²) in [6.45, 7) is 0. The average Bonchev–Trinajstić information content (AvgIpc) is 3.72. The van der Waals surface area contributed by atoms with Gasteiger partial charge in [-0.05, 0) is 64.2 Å². The highest BCUT2D eigenvalue weighted by Gasteiger charge is 2.17. The molecule has 0 atom stereocenters. The standard InChI is InChI=1S/C45H30N4O/c46-45(49-39-21-11-10-19-36(39)38-27-33(24-26-40(38)49)31-15-6-2-7-16-31)48-44(47-29-30-13-4-1-5-14-30)34-23-25-37-42(28-34)50-41-22-12-20-35(43(37)41)32-17-8-3-9-18-32/h1-29,46H/b46-45?,47-29+,48-44-. The highest BCUT2D eigenvalue weighted by atomic mass is 16.3. The van der Waals surface area contributed by atoms with Crippen molar-refractivity contribution in [1.82, 2.24) is 4.57 Å². The van der Waals surface area contributed by atoms with E-state index < -0.39 is 0 Å². The average molecular weight is 643 g/mol. The second kappa shape index (κ2) is 12.3. The minimum absolute atomic E-state index is 0.0694. The first-order chi connectivity index (χ1) is 24.7. The number of para-hydroxylation sites is 1. The minimum atomic E-state index is 0.0694. The molecule has 0 fully saturated rings. The lowest BCUT2D eigenvalue weighted by molar-refractivity contribution is 0.669. The van der Waals surface area contributed by atoms with Crippen molar-refractivity contribution in [3.05, 3.63) is 181 Å². The molecule has 9 aromatic rings. The molecular formula is C45H30N4O. The zero-order valence-electron chi connectivity index (χ0n) is 27.0. The highest BCUT2D eigenvalue weighted by molar-refractivity contribution is 6.19. The number of furan rings is 1. The molecule has 0 radical (unpaired) electrons. The van der Waals surface area contributed by atoms with E-state index in [1.54, 1.807) is 6.21 Å². The van der Waals surface area contributed by atoms with E-state index in [-0.39, 0.29) is 5.96 Å². The van der Waals surface area contributed by atoms with Crippen LogP contribution >= 0.6 is 0 Å². The zero-order valence-corrected chi connectivity index (χ0v) is 27.0. The molecule has 5 heteroatoms. The van der Waals surface area contributed by atoms with Gasteiger partial charge in [-0.3, -0.25) is 9.98 Å². The fourth-order valence-corrected chi connectivity index (χ4v) is 6.83. The maximum absolute atomic E-state index is 9.44. The molecule has 0 aliphatic carbocycles. The number of amidine groups is 1. The summed E-state index contributed by atoms with van der Waals surface area (Å²) in [6, 6.07) is 57.5. The quantitative estimate of drug-likeness (QED) is 0.151. The molecule has 0 spiro atoms. The van der Waals surface area contributed by atoms with Crippen molar-refractivity contribution in [2.24, 2.45) is 9.98 Å². The molecule has 236 valence electrons. The van der Waals surface area contributed by atoms with E-state index in [0.29, 0.717) is 5.84 Å². The van der Waals surface area contributed by atoms with Gasteiger partial charge < -0.3 is 4.42 Å². The zero-order chi connectivity index (χ0) is 33.4. The van der Waals surface area contributed by atoms with E-state index in [4.69, 9.17) is 14.4 Å². The SMILES string of the molecule is N=C(/N=C(\N=C\c1ccccc1)c1ccc2c(c1)oc1cccc(-c3ccccc3)c12)n1c2ccccc2c2cc(-c3ccccc3)ccc21. The third kappa shape index (κ3) is 5.18. The Kier molecular flexibility index (Phi) is 7.21. The van der Waals surface area contributed by atoms with Gasteiger partial charge in [-0.15, -0.1) is 0 Å². The van der Waals surface area contributed by atoms with Crippen molar-refractivity contribution in [2.75, 3.05) is 0 Å². The van der Waals surface area contributed by atoms with Gasteiger partial charge in [0.1, 0.15) is 11.2 Å². The van der Waals surface area contributed by atoms with Crippen LogP contribution in [0.5, 0.6) is 0 Å². The Balaban J connectivity index is 1.20. The topological polar surface area (TPSA) is 66.6 Å². The second-order valence-corrected chi connectivity index (χ2v) is 12.2. The van der Waals surface area contributed by atoms with Crippen LogP contribution in [0, 0.1) is 5.41 Å². The molecular weight excluding hydrogens is 613 g/mol. The maximum atomic E-state index is 9.44. The molecule has 0 bridgehead atoms. The number of aliphatic imine (C=N–C) groups is 2. The van der Waals surface area contributed by atoms with Crippen molar-refractivity contribution in [1.29, 1.82) is 5.41 Å². The Morgan fingerprint density at radius 3 is 2.04 bits per heavy atom. The Labute approximate surface area is 288 Å². The number of nitrogens with zero attached hydrogens (tertiary/aromatic N) is 3. The summed E-state index contributed by atoms with van der Waals surface area (Å²) in [5.74, 6) is 0.483. The van der Waals surface area contributed by atoms with Crippen LogP contribution in [0.2, 0.25) is 0 Å². The number of nitrogens with one attached hydrogen (secondary N) is 1. The van der Waals surface area contributed by atoms with Gasteiger partial charge in [-0.2, -0.15) is 4.99 Å². The van der Waals surface area contributed by atoms with Gasteiger partial charge >= 0.3 is 0 Å². The van der Waals surface area contributed by atoms with Crippen LogP contribution in [-0.4, -0.2) is 22.6 Å². The number of benzene rings is 7. The fourth-order valence-electron chi connectivity index (χ4n) is 6.83. The molecule has 2 heterocycles. The molecule has 2 aromatic heterocycles. The maximum Gasteiger partial charge on any atom is 0.229 e. The first-order valence-corrected chi connectivity index (χ1v) is 16.6. The lowest BCUT2D eigenvalue weighted by atomic mass is 9.99. The Morgan fingerprint density at radius 1 is 0.540 bits per heavy atom. The van der Waals surface area contributed by atoms with Crippen molar-refractivity contribution in [2.45, 2.75) is 0 Å². The minimum Gasteiger partial charge on any atom is -0.456 e. The summed E-state index contributed by atoms with van der Waals surface area (Å²) < 4.78 is 8.35. The van der Waals surface area contributed by atoms with Gasteiger partial charge in [-0.25, -0.2) is 4.99 Å². The van der Waals surface area contributed by atoms with Gasteiger partial charge in [0.15, 0.2) is 5.84 Å². The monoisotopic (exact) mass is 642 g/mol. The molecule has 0 unspecified atom stereocenters. The van der Waals surface area contributed by atoms with E-state index in [2.05, 4.69) is 84.9 Å². The van der Waals surface area contributed by atoms with Crippen LogP contribution in [0.25, 0.3) is 66.0 Å². The summed E-state index contributed by atoms with van der Waals surface area (Å²) in [5.41, 5.74) is 9.59. The van der Waals surface area contributed by atoms with Gasteiger partial charge in [0, 0.05) is 33.3 Å². The number of aromatic nitrogens is 1. The third-order valence-electron chi connectivity index (χ3n) is 9.18. The molecule has 9 rings (SSSR count). The number of hydrogen-bond acceptors (Lipinski definition) is 2. The van der Waals surface area contributed by atoms with Crippen molar-refractivity contribution < 1.29 is 4.42 Å². The van der Waals surface area contributed by atoms with E-state index >= 15 is 0 Å². The smallest absolute Gasteiger partial charge is 0.229 e. The van der Waals surface area contributed by atoms with E-state index in [1.165, 1.54) is 0 Å². The first-order valence-electron chi connectivity index (χ1n) is 16.6. The summed E-state index contributed by atoms with van der Waals surface area (Å²) >= 11 is 0. The van der Waals surface area contributed by atoms with E-state index in [9.17, 15) is 5.41 Å². The van der Waals surface area contributed by atoms with Crippen molar-refractivity contribution >= 4 is 61.8 Å². The van der Waals surface area contributed by atoms with Crippen LogP contribution in [-0.2, 0) is 0 Å². The Morgan fingerprint density at radius 2 is 1.24 bits per heavy atom. The lowest BCUT2D eigenvalue weighted by Crippen LogP contribution is -2.11. The summed E-state index contributed by atoms with van der Waals surface area (Å²) in [6.07, 6.45) is 1.79. The molecule has 0 aliphatic rings. The Bertz CT molecular complexity index is 2760. The van der Waals surface area contributed by atoms with Crippen molar-refractivity contribution in [3.8, 4) is 22.3 Å². The van der Waals surface area contributed by atoms with E-state index in [0.717, 1.165) is 77.1 Å². The van der Waals surface area contributed by atoms with Gasteiger partial charge in [0.05, 0.1) is 11.0 Å². The van der Waals surface area contributed by atoms with Gasteiger partial charge in [-0.1, -0.05) is 133 Å². The van der Waals surface area contributed by atoms with Crippen LogP contribution in [0.4, 0.5) is 0 Å². The molecule has 0 aliphatic heterocycles. The molecule has 0 saturated heterocycles. The number of rotatable bonds is 4. The normalized spacial score (nSPS) is 12.1. The van der Waals surface area contributed by atoms with Crippen LogP contribution in [0.1, 0.15) is 11.1 Å². The molecule has 1 N–H and O–H groups in total. The highest BCUT2D eigenvalue weighted by Crippen LogP contribution is 2.37. The lowest BCUT2D eigenvalue weighted by Gasteiger charge is -2.08. The largest absolute Gasteiger partial charge is 0.456 e. The van der Waals surface area contributed by atoms with Gasteiger partial charge in [0.25, 0.3) is 0 Å². The number of fused-ring (bicyclic) bond motifs is 6. The molecule has 7 aromatic carbocycles.